The van der Waals surface area contributed by atoms with E-state index in [4.69, 9.17) is 16.6 Å². The average Bonchev–Trinajstić information content (AvgIpc) is 3.27. The number of thiophene rings is 1. The van der Waals surface area contributed by atoms with Gasteiger partial charge in [-0.1, -0.05) is 41.1 Å². The third-order valence-corrected chi connectivity index (χ3v) is 6.42. The van der Waals surface area contributed by atoms with E-state index in [-0.39, 0.29) is 5.91 Å². The van der Waals surface area contributed by atoms with Crippen LogP contribution < -0.4 is 4.90 Å². The lowest BCUT2D eigenvalue weighted by Gasteiger charge is -2.19. The van der Waals surface area contributed by atoms with E-state index in [9.17, 15) is 4.79 Å². The van der Waals surface area contributed by atoms with Gasteiger partial charge >= 0.3 is 0 Å². The minimum absolute atomic E-state index is 0.0177. The van der Waals surface area contributed by atoms with Gasteiger partial charge in [-0.15, -0.1) is 11.3 Å². The maximum Gasteiger partial charge on any atom is 0.234 e. The van der Waals surface area contributed by atoms with Gasteiger partial charge in [-0.25, -0.2) is 4.98 Å². The van der Waals surface area contributed by atoms with Crippen molar-refractivity contribution in [3.05, 3.63) is 75.2 Å². The third kappa shape index (κ3) is 4.03. The van der Waals surface area contributed by atoms with Gasteiger partial charge in [0.25, 0.3) is 0 Å². The standard InChI is InChI=1S/C20H16ClN3OS2/c1-13-5-4-7-16-19(13)23-20(27-16)24(12-14-6-2-3-10-22-14)18(25)11-15-8-9-17(21)26-15/h2-10H,11-12H2,1H3. The lowest BCUT2D eigenvalue weighted by Crippen LogP contribution is -2.31. The van der Waals surface area contributed by atoms with Gasteiger partial charge in [0.15, 0.2) is 5.13 Å². The summed E-state index contributed by atoms with van der Waals surface area (Å²) in [7, 11) is 0. The monoisotopic (exact) mass is 413 g/mol. The number of halogens is 1. The molecule has 0 saturated heterocycles. The van der Waals surface area contributed by atoms with Crippen molar-refractivity contribution in [3.8, 4) is 0 Å². The van der Waals surface area contributed by atoms with Gasteiger partial charge in [-0.2, -0.15) is 0 Å². The van der Waals surface area contributed by atoms with Gasteiger partial charge in [0, 0.05) is 11.1 Å². The van der Waals surface area contributed by atoms with Gasteiger partial charge in [0.05, 0.1) is 33.2 Å². The van der Waals surface area contributed by atoms with Crippen molar-refractivity contribution in [2.24, 2.45) is 0 Å². The van der Waals surface area contributed by atoms with Crippen molar-refractivity contribution in [3.63, 3.8) is 0 Å². The third-order valence-electron chi connectivity index (χ3n) is 4.14. The Kier molecular flexibility index (Phi) is 5.20. The fraction of sp³-hybridized carbons (Fsp3) is 0.150. The maximum absolute atomic E-state index is 13.1. The van der Waals surface area contributed by atoms with Gasteiger partial charge in [-0.3, -0.25) is 14.7 Å². The quantitative estimate of drug-likeness (QED) is 0.434. The number of aryl methyl sites for hydroxylation is 1. The predicted octanol–water partition coefficient (Wildman–Crippen LogP) is 5.49. The number of rotatable bonds is 5. The Morgan fingerprint density at radius 2 is 2.00 bits per heavy atom. The summed E-state index contributed by atoms with van der Waals surface area (Å²) >= 11 is 8.97. The summed E-state index contributed by atoms with van der Waals surface area (Å²) in [6.07, 6.45) is 2.03. The average molecular weight is 414 g/mol. The van der Waals surface area contributed by atoms with Crippen molar-refractivity contribution >= 4 is 55.5 Å². The molecule has 7 heteroatoms. The zero-order chi connectivity index (χ0) is 18.8. The Balaban J connectivity index is 1.70. The Morgan fingerprint density at radius 3 is 2.70 bits per heavy atom. The summed E-state index contributed by atoms with van der Waals surface area (Å²) in [5.41, 5.74) is 2.87. The molecule has 3 heterocycles. The number of aromatic nitrogens is 2. The second-order valence-corrected chi connectivity index (χ2v) is 8.91. The largest absolute Gasteiger partial charge is 0.282 e. The van der Waals surface area contributed by atoms with E-state index in [0.717, 1.165) is 26.4 Å². The molecule has 0 aliphatic heterocycles. The molecular formula is C20H16ClN3OS2. The number of para-hydroxylation sites is 1. The molecule has 1 amide bonds. The number of hydrogen-bond acceptors (Lipinski definition) is 5. The second-order valence-electron chi connectivity index (χ2n) is 6.10. The smallest absolute Gasteiger partial charge is 0.234 e. The Bertz CT molecular complexity index is 1090. The maximum atomic E-state index is 13.1. The van der Waals surface area contributed by atoms with Crippen LogP contribution in [-0.2, 0) is 17.8 Å². The van der Waals surface area contributed by atoms with E-state index in [1.807, 2.05) is 55.5 Å². The summed E-state index contributed by atoms with van der Waals surface area (Å²) in [5, 5.41) is 0.692. The van der Waals surface area contributed by atoms with Crippen molar-refractivity contribution in [1.29, 1.82) is 0 Å². The van der Waals surface area contributed by atoms with Gasteiger partial charge in [0.1, 0.15) is 0 Å². The minimum atomic E-state index is -0.0177. The highest BCUT2D eigenvalue weighted by Crippen LogP contribution is 2.32. The number of hydrogen-bond donors (Lipinski definition) is 0. The van der Waals surface area contributed by atoms with Crippen LogP contribution in [0.2, 0.25) is 4.34 Å². The molecule has 4 rings (SSSR count). The van der Waals surface area contributed by atoms with Crippen LogP contribution in [0.25, 0.3) is 10.2 Å². The first-order valence-electron chi connectivity index (χ1n) is 8.41. The molecule has 3 aromatic heterocycles. The van der Waals surface area contributed by atoms with E-state index in [2.05, 4.69) is 4.98 Å². The van der Waals surface area contributed by atoms with E-state index < -0.39 is 0 Å². The van der Waals surface area contributed by atoms with Gasteiger partial charge < -0.3 is 0 Å². The van der Waals surface area contributed by atoms with Crippen molar-refractivity contribution in [2.75, 3.05) is 4.90 Å². The highest BCUT2D eigenvalue weighted by Gasteiger charge is 2.22. The van der Waals surface area contributed by atoms with Gasteiger partial charge in [-0.05, 0) is 42.8 Å². The number of amides is 1. The summed E-state index contributed by atoms with van der Waals surface area (Å²) < 4.78 is 1.76. The molecule has 4 aromatic rings. The molecule has 4 nitrogen and oxygen atoms in total. The van der Waals surface area contributed by atoms with E-state index in [0.29, 0.717) is 22.4 Å². The molecular weight excluding hydrogens is 398 g/mol. The van der Waals surface area contributed by atoms with E-state index >= 15 is 0 Å². The van der Waals surface area contributed by atoms with Crippen LogP contribution >= 0.6 is 34.3 Å². The molecule has 27 heavy (non-hydrogen) atoms. The lowest BCUT2D eigenvalue weighted by atomic mass is 10.2. The molecule has 0 atom stereocenters. The molecule has 0 bridgehead atoms. The normalized spacial score (nSPS) is 11.0. The number of pyridine rings is 1. The Morgan fingerprint density at radius 1 is 1.11 bits per heavy atom. The number of benzene rings is 1. The number of anilines is 1. The fourth-order valence-electron chi connectivity index (χ4n) is 2.80. The zero-order valence-corrected chi connectivity index (χ0v) is 16.9. The van der Waals surface area contributed by atoms with Crippen LogP contribution in [0.3, 0.4) is 0 Å². The number of nitrogens with zero attached hydrogens (tertiary/aromatic N) is 3. The molecule has 0 fully saturated rings. The topological polar surface area (TPSA) is 46.1 Å². The molecule has 0 aliphatic carbocycles. The first-order chi connectivity index (χ1) is 13.1. The molecule has 1 aromatic carbocycles. The van der Waals surface area contributed by atoms with Crippen molar-refractivity contribution in [2.45, 2.75) is 19.9 Å². The predicted molar refractivity (Wildman–Crippen MR) is 113 cm³/mol. The summed E-state index contributed by atoms with van der Waals surface area (Å²) in [6.45, 7) is 2.42. The zero-order valence-electron chi connectivity index (χ0n) is 14.6. The number of fused-ring (bicyclic) bond motifs is 1. The molecule has 0 spiro atoms. The SMILES string of the molecule is Cc1cccc2sc(N(Cc3ccccn3)C(=O)Cc3ccc(Cl)s3)nc12. The molecule has 136 valence electrons. The summed E-state index contributed by atoms with van der Waals surface area (Å²) in [6, 6.07) is 15.5. The lowest BCUT2D eigenvalue weighted by molar-refractivity contribution is -0.118. The van der Waals surface area contributed by atoms with Crippen LogP contribution in [0.4, 0.5) is 5.13 Å². The summed E-state index contributed by atoms with van der Waals surface area (Å²) in [4.78, 5) is 24.9. The van der Waals surface area contributed by atoms with Crippen LogP contribution in [0, 0.1) is 6.92 Å². The first kappa shape index (κ1) is 18.1. The second kappa shape index (κ2) is 7.76. The van der Waals surface area contributed by atoms with Crippen LogP contribution in [0.5, 0.6) is 0 Å². The van der Waals surface area contributed by atoms with Crippen LogP contribution in [0.1, 0.15) is 16.1 Å². The fourth-order valence-corrected chi connectivity index (χ4v) is 4.94. The van der Waals surface area contributed by atoms with Gasteiger partial charge in [0.2, 0.25) is 5.91 Å². The van der Waals surface area contributed by atoms with Crippen molar-refractivity contribution < 1.29 is 4.79 Å². The Labute approximate surface area is 170 Å². The van der Waals surface area contributed by atoms with E-state index in [1.165, 1.54) is 22.7 Å². The molecule has 0 saturated carbocycles. The molecule has 0 aliphatic rings. The minimum Gasteiger partial charge on any atom is -0.282 e. The Hall–Kier alpha value is -2.28. The highest BCUT2D eigenvalue weighted by atomic mass is 35.5. The van der Waals surface area contributed by atoms with E-state index in [1.54, 1.807) is 11.1 Å². The molecule has 0 radical (unpaired) electrons. The molecule has 0 unspecified atom stereocenters. The number of carbonyl (C=O) groups is 1. The summed E-state index contributed by atoms with van der Waals surface area (Å²) in [5.74, 6) is -0.0177. The number of thiazole rings is 1. The van der Waals surface area contributed by atoms with Crippen LogP contribution in [0.15, 0.2) is 54.7 Å². The first-order valence-corrected chi connectivity index (χ1v) is 10.4. The van der Waals surface area contributed by atoms with Crippen LogP contribution in [-0.4, -0.2) is 15.9 Å². The number of carbonyl (C=O) groups excluding carboxylic acids is 1. The highest BCUT2D eigenvalue weighted by molar-refractivity contribution is 7.22. The van der Waals surface area contributed by atoms with Crippen molar-refractivity contribution in [1.82, 2.24) is 9.97 Å². The molecule has 0 N–H and O–H groups in total.